The van der Waals surface area contributed by atoms with Crippen LogP contribution in [0, 0.1) is 23.7 Å². The second kappa shape index (κ2) is 50.5. The number of allylic oxidation sites excluding steroid dienone is 6. The number of rotatable bonds is 53. The first-order valence-corrected chi connectivity index (χ1v) is 28.9. The summed E-state index contributed by atoms with van der Waals surface area (Å²) in [6.07, 6.45) is 61.9. The summed E-state index contributed by atoms with van der Waals surface area (Å²) in [7, 11) is 0. The van der Waals surface area contributed by atoms with Crippen molar-refractivity contribution in [1.82, 2.24) is 0 Å². The zero-order chi connectivity index (χ0) is 48.4. The molecular formula is C60H110O6. The number of carboxylic acid groups (broad SMARTS) is 3. The lowest BCUT2D eigenvalue weighted by molar-refractivity contribution is -0.147. The van der Waals surface area contributed by atoms with Gasteiger partial charge in [0.1, 0.15) is 0 Å². The summed E-state index contributed by atoms with van der Waals surface area (Å²) in [5.41, 5.74) is 0. The maximum Gasteiger partial charge on any atom is 0.306 e. The third kappa shape index (κ3) is 42.9. The van der Waals surface area contributed by atoms with Crippen LogP contribution in [0.2, 0.25) is 0 Å². The van der Waals surface area contributed by atoms with Gasteiger partial charge in [0.15, 0.2) is 0 Å². The zero-order valence-corrected chi connectivity index (χ0v) is 44.0. The number of carbonyl (C=O) groups is 3. The highest BCUT2D eigenvalue weighted by Crippen LogP contribution is 2.33. The molecule has 0 amide bonds. The largest absolute Gasteiger partial charge is 0.481 e. The number of unbranched alkanes of at least 4 members (excludes halogenated alkanes) is 31. The van der Waals surface area contributed by atoms with Crippen LogP contribution >= 0.6 is 0 Å². The number of hydrogen-bond acceptors (Lipinski definition) is 3. The van der Waals surface area contributed by atoms with Crippen LogP contribution in [0.3, 0.4) is 0 Å². The van der Waals surface area contributed by atoms with Crippen molar-refractivity contribution in [3.63, 3.8) is 0 Å². The summed E-state index contributed by atoms with van der Waals surface area (Å²) in [5.74, 6) is -4.02. The fraction of sp³-hybridized carbons (Fsp3) is 0.850. The molecule has 6 heteroatoms. The van der Waals surface area contributed by atoms with Gasteiger partial charge in [0.25, 0.3) is 0 Å². The van der Waals surface area contributed by atoms with Gasteiger partial charge in [-0.25, -0.2) is 0 Å². The van der Waals surface area contributed by atoms with Crippen LogP contribution in [0.5, 0.6) is 0 Å². The van der Waals surface area contributed by atoms with Crippen molar-refractivity contribution in [1.29, 1.82) is 0 Å². The Balaban J connectivity index is 5.03. The van der Waals surface area contributed by atoms with Gasteiger partial charge in [0.2, 0.25) is 0 Å². The molecule has 386 valence electrons. The number of hydrogen-bond donors (Lipinski definition) is 3. The molecule has 0 aromatic rings. The quantitative estimate of drug-likeness (QED) is 0.0414. The lowest BCUT2D eigenvalue weighted by Crippen LogP contribution is -2.28. The van der Waals surface area contributed by atoms with Gasteiger partial charge in [-0.3, -0.25) is 14.4 Å². The Morgan fingerprint density at radius 1 is 0.303 bits per heavy atom. The van der Waals surface area contributed by atoms with E-state index in [1.807, 2.05) is 0 Å². The summed E-state index contributed by atoms with van der Waals surface area (Å²) in [6.45, 7) is 6.77. The second-order valence-corrected chi connectivity index (χ2v) is 20.4. The topological polar surface area (TPSA) is 112 Å². The smallest absolute Gasteiger partial charge is 0.306 e. The Labute approximate surface area is 409 Å². The summed E-state index contributed by atoms with van der Waals surface area (Å²) in [5, 5.41) is 30.9. The summed E-state index contributed by atoms with van der Waals surface area (Å²) < 4.78 is 0. The Bertz CT molecular complexity index is 1160. The molecule has 6 nitrogen and oxygen atoms in total. The molecule has 0 aliphatic rings. The highest BCUT2D eigenvalue weighted by molar-refractivity contribution is 5.72. The van der Waals surface area contributed by atoms with Crippen molar-refractivity contribution < 1.29 is 29.7 Å². The van der Waals surface area contributed by atoms with Gasteiger partial charge in [-0.05, 0) is 121 Å². The van der Waals surface area contributed by atoms with E-state index in [1.165, 1.54) is 128 Å². The van der Waals surface area contributed by atoms with E-state index in [4.69, 9.17) is 0 Å². The van der Waals surface area contributed by atoms with Crippen LogP contribution in [0.25, 0.3) is 0 Å². The maximum atomic E-state index is 12.9. The Hall–Kier alpha value is -2.37. The van der Waals surface area contributed by atoms with Crippen LogP contribution < -0.4 is 0 Å². The molecule has 0 heterocycles. The van der Waals surface area contributed by atoms with Crippen molar-refractivity contribution in [2.75, 3.05) is 0 Å². The van der Waals surface area contributed by atoms with Crippen molar-refractivity contribution in [2.24, 2.45) is 23.7 Å². The van der Waals surface area contributed by atoms with Crippen LogP contribution in [-0.4, -0.2) is 33.2 Å². The van der Waals surface area contributed by atoms with Crippen LogP contribution in [0.15, 0.2) is 36.5 Å². The van der Waals surface area contributed by atoms with E-state index in [0.717, 1.165) is 116 Å². The van der Waals surface area contributed by atoms with Crippen molar-refractivity contribution in [3.8, 4) is 0 Å². The molecule has 0 aromatic heterocycles. The van der Waals surface area contributed by atoms with Crippen LogP contribution in [0.1, 0.15) is 303 Å². The molecule has 4 unspecified atom stereocenters. The Morgan fingerprint density at radius 2 is 0.561 bits per heavy atom. The van der Waals surface area contributed by atoms with Crippen LogP contribution in [-0.2, 0) is 14.4 Å². The molecule has 0 aliphatic heterocycles. The van der Waals surface area contributed by atoms with Crippen molar-refractivity contribution in [2.45, 2.75) is 303 Å². The zero-order valence-electron chi connectivity index (χ0n) is 44.0. The first kappa shape index (κ1) is 63.6. The highest BCUT2D eigenvalue weighted by atomic mass is 16.4. The molecule has 66 heavy (non-hydrogen) atoms. The normalized spacial score (nSPS) is 13.9. The molecule has 0 radical (unpaired) electrons. The van der Waals surface area contributed by atoms with E-state index in [9.17, 15) is 29.7 Å². The number of aliphatic carboxylic acids is 3. The highest BCUT2D eigenvalue weighted by Gasteiger charge is 2.32. The minimum Gasteiger partial charge on any atom is -0.481 e. The molecular weight excluding hydrogens is 817 g/mol. The Morgan fingerprint density at radius 3 is 0.879 bits per heavy atom. The average molecular weight is 928 g/mol. The van der Waals surface area contributed by atoms with Gasteiger partial charge < -0.3 is 15.3 Å². The monoisotopic (exact) mass is 927 g/mol. The van der Waals surface area contributed by atoms with Crippen LogP contribution in [0.4, 0.5) is 0 Å². The van der Waals surface area contributed by atoms with E-state index in [0.29, 0.717) is 38.5 Å². The molecule has 0 fully saturated rings. The lowest BCUT2D eigenvalue weighted by atomic mass is 9.77. The van der Waals surface area contributed by atoms with Gasteiger partial charge in [-0.1, -0.05) is 224 Å². The fourth-order valence-corrected chi connectivity index (χ4v) is 9.77. The standard InChI is InChI=1S/C60H110O6/c1-4-7-10-13-16-19-22-25-28-31-34-37-40-43-48-54(58(61)62)49-46-47-50-55(57(60(65)66)52-45-42-39-36-33-30-27-24-21-18-15-12-9-6-3)53-56(59(63)64)51-44-41-38-35-32-29-26-23-20-17-14-11-8-5-2/h25-30,54-57H,4-24,31-53H2,1-3H3,(H,61,62)(H,63,64)(H,65,66). The van der Waals surface area contributed by atoms with E-state index < -0.39 is 29.7 Å². The lowest BCUT2D eigenvalue weighted by Gasteiger charge is -2.27. The molecule has 0 aliphatic carbocycles. The summed E-state index contributed by atoms with van der Waals surface area (Å²) >= 11 is 0. The van der Waals surface area contributed by atoms with Gasteiger partial charge in [-0.15, -0.1) is 0 Å². The fourth-order valence-electron chi connectivity index (χ4n) is 9.77. The molecule has 0 aromatic carbocycles. The molecule has 0 saturated heterocycles. The maximum absolute atomic E-state index is 12.9. The minimum absolute atomic E-state index is 0.214. The van der Waals surface area contributed by atoms with Gasteiger partial charge >= 0.3 is 17.9 Å². The third-order valence-corrected chi connectivity index (χ3v) is 14.2. The molecule has 0 bridgehead atoms. The minimum atomic E-state index is -0.804. The summed E-state index contributed by atoms with van der Waals surface area (Å²) in [4.78, 5) is 37.7. The molecule has 0 saturated carbocycles. The first-order chi connectivity index (χ1) is 32.3. The number of carboxylic acids is 3. The Kier molecular flexibility index (Phi) is 48.7. The predicted octanol–water partition coefficient (Wildman–Crippen LogP) is 19.6. The van der Waals surface area contributed by atoms with E-state index in [-0.39, 0.29) is 11.8 Å². The first-order valence-electron chi connectivity index (χ1n) is 28.9. The van der Waals surface area contributed by atoms with Gasteiger partial charge in [0.05, 0.1) is 17.8 Å². The molecule has 0 rings (SSSR count). The van der Waals surface area contributed by atoms with Gasteiger partial charge in [0, 0.05) is 0 Å². The van der Waals surface area contributed by atoms with E-state index in [2.05, 4.69) is 57.2 Å². The predicted molar refractivity (Wildman–Crippen MR) is 284 cm³/mol. The second-order valence-electron chi connectivity index (χ2n) is 20.4. The van der Waals surface area contributed by atoms with E-state index in [1.54, 1.807) is 0 Å². The third-order valence-electron chi connectivity index (χ3n) is 14.2. The van der Waals surface area contributed by atoms with E-state index >= 15 is 0 Å². The molecule has 0 spiro atoms. The average Bonchev–Trinajstić information content (AvgIpc) is 3.29. The van der Waals surface area contributed by atoms with Gasteiger partial charge in [-0.2, -0.15) is 0 Å². The summed E-state index contributed by atoms with van der Waals surface area (Å²) in [6, 6.07) is 0. The molecule has 3 N–H and O–H groups in total. The van der Waals surface area contributed by atoms with Crippen molar-refractivity contribution >= 4 is 17.9 Å². The SMILES string of the molecule is CCCCCCCCC=CCCCCCCC(CCCCC(CC(CCCCCCC=CCCCCCCCC)C(=O)O)C(CCCCCCC=CCCCCCCCC)C(=O)O)C(=O)O. The van der Waals surface area contributed by atoms with Crippen molar-refractivity contribution in [3.05, 3.63) is 36.5 Å². The molecule has 4 atom stereocenters.